The van der Waals surface area contributed by atoms with Crippen LogP contribution in [0.1, 0.15) is 24.2 Å². The maximum atomic E-state index is 11.8. The van der Waals surface area contributed by atoms with Crippen LogP contribution in [0.25, 0.3) is 0 Å². The highest BCUT2D eigenvalue weighted by Crippen LogP contribution is 2.22. The van der Waals surface area contributed by atoms with Crippen molar-refractivity contribution in [1.29, 1.82) is 0 Å². The van der Waals surface area contributed by atoms with Gasteiger partial charge in [0, 0.05) is 12.1 Å². The van der Waals surface area contributed by atoms with Crippen LogP contribution in [0.4, 0.5) is 5.69 Å². The normalized spacial score (nSPS) is 11.1. The van der Waals surface area contributed by atoms with Gasteiger partial charge in [-0.15, -0.1) is 0 Å². The summed E-state index contributed by atoms with van der Waals surface area (Å²) in [7, 11) is 0. The van der Waals surface area contributed by atoms with Gasteiger partial charge in [-0.2, -0.15) is 0 Å². The molecule has 0 saturated carbocycles. The van der Waals surface area contributed by atoms with Gasteiger partial charge in [0.25, 0.3) is 11.6 Å². The van der Waals surface area contributed by atoms with E-state index >= 15 is 0 Å². The van der Waals surface area contributed by atoms with Crippen molar-refractivity contribution in [3.63, 3.8) is 0 Å². The van der Waals surface area contributed by atoms with Crippen LogP contribution in [0.2, 0.25) is 5.02 Å². The number of aliphatic hydroxyl groups excluding tert-OH is 1. The largest absolute Gasteiger partial charge is 0.394 e. The second-order valence-corrected chi connectivity index (χ2v) is 4.82. The quantitative estimate of drug-likeness (QED) is 0.645. The Hall–Kier alpha value is -1.66. The summed E-state index contributed by atoms with van der Waals surface area (Å²) >= 11 is 5.81. The number of rotatable bonds is 4. The first-order valence-electron chi connectivity index (χ1n) is 5.14. The Morgan fingerprint density at radius 1 is 1.56 bits per heavy atom. The van der Waals surface area contributed by atoms with Crippen LogP contribution in [-0.4, -0.2) is 28.1 Å². The number of nitrogens with one attached hydrogen (secondary N) is 1. The summed E-state index contributed by atoms with van der Waals surface area (Å²) in [4.78, 5) is 21.8. The first-order chi connectivity index (χ1) is 8.26. The van der Waals surface area contributed by atoms with Crippen LogP contribution in [-0.2, 0) is 0 Å². The van der Waals surface area contributed by atoms with Crippen LogP contribution in [0.5, 0.6) is 0 Å². The van der Waals surface area contributed by atoms with Crippen molar-refractivity contribution in [3.8, 4) is 0 Å². The highest BCUT2D eigenvalue weighted by atomic mass is 35.5. The molecule has 6 nitrogen and oxygen atoms in total. The summed E-state index contributed by atoms with van der Waals surface area (Å²) in [5.74, 6) is -0.492. The second-order valence-electron chi connectivity index (χ2n) is 4.42. The maximum absolute atomic E-state index is 11.8. The molecule has 0 saturated heterocycles. The molecular formula is C11H13ClN2O4. The molecule has 0 aromatic heterocycles. The van der Waals surface area contributed by atoms with E-state index in [9.17, 15) is 14.9 Å². The third-order valence-corrected chi connectivity index (χ3v) is 2.57. The molecule has 0 aliphatic rings. The molecule has 0 radical (unpaired) electrons. The van der Waals surface area contributed by atoms with E-state index in [2.05, 4.69) is 5.32 Å². The standard InChI is InChI=1S/C11H13ClN2O4/c1-11(2,6-15)13-10(16)8-4-3-7(14(17)18)5-9(8)12/h3-5,15H,6H2,1-2H3,(H,13,16). The minimum absolute atomic E-state index is 0.00422. The smallest absolute Gasteiger partial charge is 0.270 e. The lowest BCUT2D eigenvalue weighted by Crippen LogP contribution is -2.46. The summed E-state index contributed by atoms with van der Waals surface area (Å²) in [6, 6.07) is 3.60. The minimum Gasteiger partial charge on any atom is -0.394 e. The van der Waals surface area contributed by atoms with Crippen molar-refractivity contribution in [2.45, 2.75) is 19.4 Å². The summed E-state index contributed by atoms with van der Waals surface area (Å²) < 4.78 is 0. The number of carbonyl (C=O) groups excluding carboxylic acids is 1. The van der Waals surface area contributed by atoms with Gasteiger partial charge >= 0.3 is 0 Å². The number of hydrogen-bond acceptors (Lipinski definition) is 4. The van der Waals surface area contributed by atoms with Crippen LogP contribution in [0, 0.1) is 10.1 Å². The molecule has 0 aliphatic carbocycles. The Morgan fingerprint density at radius 3 is 2.61 bits per heavy atom. The van der Waals surface area contributed by atoms with Crippen molar-refractivity contribution in [2.24, 2.45) is 0 Å². The number of non-ortho nitro benzene ring substituents is 1. The number of hydrogen-bond donors (Lipinski definition) is 2. The van der Waals surface area contributed by atoms with Crippen LogP contribution in [0.15, 0.2) is 18.2 Å². The molecule has 0 fully saturated rings. The lowest BCUT2D eigenvalue weighted by Gasteiger charge is -2.23. The van der Waals surface area contributed by atoms with E-state index in [-0.39, 0.29) is 22.9 Å². The van der Waals surface area contributed by atoms with E-state index in [4.69, 9.17) is 16.7 Å². The Morgan fingerprint density at radius 2 is 2.17 bits per heavy atom. The van der Waals surface area contributed by atoms with Gasteiger partial charge in [-0.05, 0) is 19.9 Å². The lowest BCUT2D eigenvalue weighted by atomic mass is 10.1. The monoisotopic (exact) mass is 272 g/mol. The molecule has 18 heavy (non-hydrogen) atoms. The maximum Gasteiger partial charge on any atom is 0.270 e. The zero-order valence-electron chi connectivity index (χ0n) is 9.94. The van der Waals surface area contributed by atoms with Gasteiger partial charge in [0.15, 0.2) is 0 Å². The van der Waals surface area contributed by atoms with E-state index in [0.29, 0.717) is 0 Å². The summed E-state index contributed by atoms with van der Waals surface area (Å²) in [5.41, 5.74) is -0.843. The number of carbonyl (C=O) groups is 1. The van der Waals surface area contributed by atoms with E-state index in [1.165, 1.54) is 12.1 Å². The summed E-state index contributed by atoms with van der Waals surface area (Å²) in [6.45, 7) is 3.05. The van der Waals surface area contributed by atoms with Gasteiger partial charge in [0.1, 0.15) is 0 Å². The van der Waals surface area contributed by atoms with Gasteiger partial charge in [0.05, 0.1) is 27.7 Å². The lowest BCUT2D eigenvalue weighted by molar-refractivity contribution is -0.384. The Kier molecular flexibility index (Phi) is 4.26. The van der Waals surface area contributed by atoms with E-state index in [1.807, 2.05) is 0 Å². The van der Waals surface area contributed by atoms with Crippen molar-refractivity contribution in [2.75, 3.05) is 6.61 Å². The number of nitro benzene ring substituents is 1. The molecule has 0 spiro atoms. The minimum atomic E-state index is -0.789. The third kappa shape index (κ3) is 3.41. The predicted octanol–water partition coefficient (Wildman–Crippen LogP) is 1.75. The van der Waals surface area contributed by atoms with Gasteiger partial charge < -0.3 is 10.4 Å². The number of amides is 1. The molecule has 1 aromatic rings. The summed E-state index contributed by atoms with van der Waals surface area (Å²) in [5, 5.41) is 22.1. The third-order valence-electron chi connectivity index (χ3n) is 2.26. The molecule has 7 heteroatoms. The zero-order chi connectivity index (χ0) is 13.9. The number of halogens is 1. The summed E-state index contributed by atoms with van der Waals surface area (Å²) in [6.07, 6.45) is 0. The number of aliphatic hydroxyl groups is 1. The first-order valence-corrected chi connectivity index (χ1v) is 5.52. The number of nitrogens with zero attached hydrogens (tertiary/aromatic N) is 1. The van der Waals surface area contributed by atoms with E-state index in [1.54, 1.807) is 13.8 Å². The van der Waals surface area contributed by atoms with E-state index < -0.39 is 16.4 Å². The van der Waals surface area contributed by atoms with Gasteiger partial charge in [-0.25, -0.2) is 0 Å². The topological polar surface area (TPSA) is 92.5 Å². The Balaban J connectivity index is 2.97. The molecule has 2 N–H and O–H groups in total. The van der Waals surface area contributed by atoms with Gasteiger partial charge in [-0.1, -0.05) is 11.6 Å². The average Bonchev–Trinajstić information content (AvgIpc) is 2.28. The molecule has 0 unspecified atom stereocenters. The van der Waals surface area contributed by atoms with Crippen LogP contribution < -0.4 is 5.32 Å². The Bertz CT molecular complexity index is 488. The molecule has 0 aliphatic heterocycles. The zero-order valence-corrected chi connectivity index (χ0v) is 10.7. The fraction of sp³-hybridized carbons (Fsp3) is 0.364. The van der Waals surface area contributed by atoms with Crippen molar-refractivity contribution >= 4 is 23.2 Å². The Labute approximate surface area is 109 Å². The molecule has 0 atom stereocenters. The molecule has 1 amide bonds. The van der Waals surface area contributed by atoms with Crippen molar-refractivity contribution in [1.82, 2.24) is 5.32 Å². The number of benzene rings is 1. The predicted molar refractivity (Wildman–Crippen MR) is 66.7 cm³/mol. The molecule has 1 rings (SSSR count). The van der Waals surface area contributed by atoms with Gasteiger partial charge in [-0.3, -0.25) is 14.9 Å². The molecule has 0 heterocycles. The molecular weight excluding hydrogens is 260 g/mol. The average molecular weight is 273 g/mol. The first kappa shape index (κ1) is 14.4. The van der Waals surface area contributed by atoms with Gasteiger partial charge in [0.2, 0.25) is 0 Å². The van der Waals surface area contributed by atoms with Crippen LogP contribution >= 0.6 is 11.6 Å². The van der Waals surface area contributed by atoms with Crippen molar-refractivity contribution < 1.29 is 14.8 Å². The van der Waals surface area contributed by atoms with E-state index in [0.717, 1.165) is 6.07 Å². The second kappa shape index (κ2) is 5.32. The molecule has 98 valence electrons. The van der Waals surface area contributed by atoms with Crippen LogP contribution in [0.3, 0.4) is 0 Å². The SMILES string of the molecule is CC(C)(CO)NC(=O)c1ccc([N+](=O)[O-])cc1Cl. The fourth-order valence-corrected chi connectivity index (χ4v) is 1.48. The fourth-order valence-electron chi connectivity index (χ4n) is 1.22. The number of nitro groups is 1. The van der Waals surface area contributed by atoms with Crippen molar-refractivity contribution in [3.05, 3.63) is 38.9 Å². The highest BCUT2D eigenvalue weighted by molar-refractivity contribution is 6.34. The molecule has 1 aromatic carbocycles. The highest BCUT2D eigenvalue weighted by Gasteiger charge is 2.22. The molecule has 0 bridgehead atoms.